The zero-order valence-electron chi connectivity index (χ0n) is 13.1. The number of amides is 2. The number of urea groups is 1. The predicted molar refractivity (Wildman–Crippen MR) is 81.5 cm³/mol. The molecule has 3 atom stereocenters. The number of nitrogens with one attached hydrogen (secondary N) is 2. The van der Waals surface area contributed by atoms with Crippen molar-refractivity contribution in [2.24, 2.45) is 5.92 Å². The van der Waals surface area contributed by atoms with Crippen molar-refractivity contribution in [3.63, 3.8) is 0 Å². The third-order valence-electron chi connectivity index (χ3n) is 5.35. The molecule has 0 spiro atoms. The Bertz CT molecular complexity index is 566. The van der Waals surface area contributed by atoms with Crippen molar-refractivity contribution in [3.05, 3.63) is 23.7 Å². The number of hydrogen-bond acceptors (Lipinski definition) is 3. The number of hydrogen-bond donors (Lipinski definition) is 2. The van der Waals surface area contributed by atoms with Crippen LogP contribution in [-0.4, -0.2) is 24.3 Å². The molecule has 0 aromatic carbocycles. The first-order valence-electron chi connectivity index (χ1n) is 8.42. The van der Waals surface area contributed by atoms with E-state index in [-0.39, 0.29) is 23.7 Å². The van der Waals surface area contributed by atoms with Gasteiger partial charge in [-0.3, -0.25) is 0 Å². The van der Waals surface area contributed by atoms with Crippen LogP contribution in [0.5, 0.6) is 0 Å². The van der Waals surface area contributed by atoms with Gasteiger partial charge in [-0.2, -0.15) is 0 Å². The molecule has 2 amide bonds. The lowest BCUT2D eigenvalue weighted by Crippen LogP contribution is -2.55. The van der Waals surface area contributed by atoms with Crippen molar-refractivity contribution in [2.45, 2.75) is 63.1 Å². The number of furan rings is 1. The van der Waals surface area contributed by atoms with Gasteiger partial charge in [0.15, 0.2) is 0 Å². The van der Waals surface area contributed by atoms with Gasteiger partial charge in [0.25, 0.3) is 0 Å². The second-order valence-corrected chi connectivity index (χ2v) is 7.14. The quantitative estimate of drug-likeness (QED) is 0.902. The van der Waals surface area contributed by atoms with Crippen molar-refractivity contribution in [1.29, 1.82) is 0 Å². The molecular formula is C17H24N2O3. The molecule has 5 heteroatoms. The fourth-order valence-electron chi connectivity index (χ4n) is 4.00. The molecule has 5 nitrogen and oxygen atoms in total. The highest BCUT2D eigenvalue weighted by atomic mass is 16.5. The number of fused-ring (bicyclic) bond motifs is 1. The summed E-state index contributed by atoms with van der Waals surface area (Å²) in [4.78, 5) is 12.5. The fraction of sp³-hybridized carbons (Fsp3) is 0.706. The summed E-state index contributed by atoms with van der Waals surface area (Å²) in [6, 6.07) is 1.96. The van der Waals surface area contributed by atoms with Gasteiger partial charge in [0.2, 0.25) is 0 Å². The van der Waals surface area contributed by atoms with Gasteiger partial charge in [-0.05, 0) is 51.0 Å². The first kappa shape index (κ1) is 14.1. The molecule has 22 heavy (non-hydrogen) atoms. The number of aryl methyl sites for hydroxylation is 1. The third kappa shape index (κ3) is 2.51. The summed E-state index contributed by atoms with van der Waals surface area (Å²) in [6.45, 7) is 2.86. The Morgan fingerprint density at radius 1 is 1.36 bits per heavy atom. The summed E-state index contributed by atoms with van der Waals surface area (Å²) >= 11 is 0. The van der Waals surface area contributed by atoms with Crippen molar-refractivity contribution < 1.29 is 13.9 Å². The highest BCUT2D eigenvalue weighted by molar-refractivity contribution is 5.75. The van der Waals surface area contributed by atoms with Crippen LogP contribution in [0.1, 0.15) is 56.4 Å². The summed E-state index contributed by atoms with van der Waals surface area (Å²) in [6.07, 6.45) is 8.23. The van der Waals surface area contributed by atoms with Crippen LogP contribution in [0, 0.1) is 5.92 Å². The molecule has 1 aromatic rings. The highest BCUT2D eigenvalue weighted by Crippen LogP contribution is 2.43. The lowest BCUT2D eigenvalue weighted by molar-refractivity contribution is 0.0589. The van der Waals surface area contributed by atoms with Gasteiger partial charge in [-0.15, -0.1) is 0 Å². The van der Waals surface area contributed by atoms with Crippen molar-refractivity contribution in [3.8, 4) is 0 Å². The molecule has 1 aromatic heterocycles. The molecule has 4 rings (SSSR count). The maximum Gasteiger partial charge on any atom is 0.315 e. The SMILES string of the molecule is CC1(NC(=O)NC2CCCc3occc32)CCOC1C1CC1. The Kier molecular flexibility index (Phi) is 3.40. The van der Waals surface area contributed by atoms with Gasteiger partial charge >= 0.3 is 6.03 Å². The van der Waals surface area contributed by atoms with E-state index >= 15 is 0 Å². The number of ether oxygens (including phenoxy) is 1. The Labute approximate surface area is 130 Å². The van der Waals surface area contributed by atoms with Crippen molar-refractivity contribution in [1.82, 2.24) is 10.6 Å². The number of carbonyl (C=O) groups excluding carboxylic acids is 1. The van der Waals surface area contributed by atoms with E-state index in [1.54, 1.807) is 6.26 Å². The Balaban J connectivity index is 1.41. The van der Waals surface area contributed by atoms with Crippen LogP contribution >= 0.6 is 0 Å². The smallest absolute Gasteiger partial charge is 0.315 e. The average molecular weight is 304 g/mol. The van der Waals surface area contributed by atoms with Gasteiger partial charge < -0.3 is 19.8 Å². The fourth-order valence-corrected chi connectivity index (χ4v) is 4.00. The van der Waals surface area contributed by atoms with Crippen LogP contribution in [0.3, 0.4) is 0 Å². The molecule has 1 aliphatic heterocycles. The number of rotatable bonds is 3. The minimum atomic E-state index is -0.237. The van der Waals surface area contributed by atoms with Crippen LogP contribution in [0.15, 0.2) is 16.7 Å². The molecule has 0 radical (unpaired) electrons. The minimum absolute atomic E-state index is 0.0628. The largest absolute Gasteiger partial charge is 0.469 e. The first-order chi connectivity index (χ1) is 10.7. The molecule has 2 aliphatic carbocycles. The lowest BCUT2D eigenvalue weighted by Gasteiger charge is -2.32. The molecule has 3 aliphatic rings. The summed E-state index contributed by atoms with van der Waals surface area (Å²) < 4.78 is 11.4. The van der Waals surface area contributed by atoms with Crippen molar-refractivity contribution in [2.75, 3.05) is 6.61 Å². The van der Waals surface area contributed by atoms with Gasteiger partial charge in [-0.1, -0.05) is 0 Å². The van der Waals surface area contributed by atoms with Crippen molar-refractivity contribution >= 4 is 6.03 Å². The monoisotopic (exact) mass is 304 g/mol. The van der Waals surface area contributed by atoms with E-state index in [4.69, 9.17) is 9.15 Å². The van der Waals surface area contributed by atoms with E-state index in [9.17, 15) is 4.79 Å². The molecule has 2 N–H and O–H groups in total. The Hall–Kier alpha value is -1.49. The lowest BCUT2D eigenvalue weighted by atomic mass is 9.90. The Morgan fingerprint density at radius 3 is 3.05 bits per heavy atom. The third-order valence-corrected chi connectivity index (χ3v) is 5.35. The average Bonchev–Trinajstić information content (AvgIpc) is 3.06. The maximum absolute atomic E-state index is 12.5. The zero-order chi connectivity index (χ0) is 15.2. The van der Waals surface area contributed by atoms with Gasteiger partial charge in [0, 0.05) is 18.6 Å². The summed E-state index contributed by atoms with van der Waals surface area (Å²) in [5, 5.41) is 6.32. The molecule has 0 bridgehead atoms. The molecule has 2 fully saturated rings. The van der Waals surface area contributed by atoms with E-state index in [1.807, 2.05) is 6.07 Å². The van der Waals surface area contributed by atoms with Crippen LogP contribution in [0.2, 0.25) is 0 Å². The van der Waals surface area contributed by atoms with Gasteiger partial charge in [0.05, 0.1) is 23.9 Å². The molecular weight excluding hydrogens is 280 g/mol. The van der Waals surface area contributed by atoms with Crippen LogP contribution in [0.25, 0.3) is 0 Å². The maximum atomic E-state index is 12.5. The van der Waals surface area contributed by atoms with E-state index in [0.717, 1.165) is 43.6 Å². The van der Waals surface area contributed by atoms with Gasteiger partial charge in [-0.25, -0.2) is 4.79 Å². The second-order valence-electron chi connectivity index (χ2n) is 7.14. The normalized spacial score (nSPS) is 34.2. The number of carbonyl (C=O) groups is 1. The van der Waals surface area contributed by atoms with E-state index < -0.39 is 0 Å². The molecule has 3 unspecified atom stereocenters. The predicted octanol–water partition coefficient (Wildman–Crippen LogP) is 2.91. The van der Waals surface area contributed by atoms with Crippen LogP contribution in [-0.2, 0) is 11.2 Å². The van der Waals surface area contributed by atoms with Crippen LogP contribution in [0.4, 0.5) is 4.79 Å². The second kappa shape index (κ2) is 5.30. The summed E-state index contributed by atoms with van der Waals surface area (Å²) in [5.41, 5.74) is 0.895. The van der Waals surface area contributed by atoms with Gasteiger partial charge in [0.1, 0.15) is 5.76 Å². The van der Waals surface area contributed by atoms with E-state index in [0.29, 0.717) is 5.92 Å². The van der Waals surface area contributed by atoms with E-state index in [1.165, 1.54) is 12.8 Å². The Morgan fingerprint density at radius 2 is 2.23 bits per heavy atom. The summed E-state index contributed by atoms with van der Waals surface area (Å²) in [5.74, 6) is 1.64. The molecule has 1 saturated heterocycles. The molecule has 2 heterocycles. The minimum Gasteiger partial charge on any atom is -0.469 e. The topological polar surface area (TPSA) is 63.5 Å². The zero-order valence-corrected chi connectivity index (χ0v) is 13.1. The van der Waals surface area contributed by atoms with E-state index in [2.05, 4.69) is 17.6 Å². The highest BCUT2D eigenvalue weighted by Gasteiger charge is 2.49. The molecule has 1 saturated carbocycles. The standard InChI is InChI=1S/C17H24N2O3/c1-17(8-10-22-15(17)11-5-6-11)19-16(20)18-13-3-2-4-14-12(13)7-9-21-14/h7,9,11,13,15H,2-6,8,10H2,1H3,(H2,18,19,20). The van der Waals surface area contributed by atoms with Crippen LogP contribution < -0.4 is 10.6 Å². The molecule has 120 valence electrons. The first-order valence-corrected chi connectivity index (χ1v) is 8.42. The summed E-state index contributed by atoms with van der Waals surface area (Å²) in [7, 11) is 0.